The number of aromatic amines is 2. The van der Waals surface area contributed by atoms with Crippen LogP contribution >= 0.6 is 0 Å². The molecule has 0 amide bonds. The van der Waals surface area contributed by atoms with Crippen molar-refractivity contribution >= 4 is 11.8 Å². The fourth-order valence-corrected chi connectivity index (χ4v) is 4.50. The van der Waals surface area contributed by atoms with Gasteiger partial charge in [-0.05, 0) is 61.4 Å². The molecule has 2 N–H and O–H groups in total. The maximum atomic E-state index is 5.63. The monoisotopic (exact) mass is 391 g/mol. The van der Waals surface area contributed by atoms with Crippen LogP contribution in [-0.4, -0.2) is 22.8 Å². The maximum Gasteiger partial charge on any atom is 0.146 e. The van der Waals surface area contributed by atoms with Gasteiger partial charge in [-0.3, -0.25) is 0 Å². The quantitative estimate of drug-likeness (QED) is 0.580. The Morgan fingerprint density at radius 3 is 2.93 bits per heavy atom. The number of unbranched alkanes of at least 4 members (excludes halogenated alkanes) is 1. The van der Waals surface area contributed by atoms with Gasteiger partial charge in [0.05, 0.1) is 18.5 Å². The average Bonchev–Trinajstić information content (AvgIpc) is 3.47. The molecular weight excluding hydrogens is 358 g/mol. The minimum absolute atomic E-state index is 0.651. The minimum Gasteiger partial charge on any atom is -0.494 e. The molecule has 4 rings (SSSR count). The molecule has 0 aromatic carbocycles. The molecule has 1 aliphatic carbocycles. The zero-order valence-electron chi connectivity index (χ0n) is 17.8. The first-order chi connectivity index (χ1) is 14.3. The number of aryl methyl sites for hydroxylation is 1. The first kappa shape index (κ1) is 19.8. The van der Waals surface area contributed by atoms with E-state index in [1.165, 1.54) is 68.3 Å². The summed E-state index contributed by atoms with van der Waals surface area (Å²) in [5, 5.41) is 0. The van der Waals surface area contributed by atoms with Gasteiger partial charge in [0.2, 0.25) is 0 Å². The van der Waals surface area contributed by atoms with Gasteiger partial charge in [0.25, 0.3) is 0 Å². The Bertz CT molecular complexity index is 899. The van der Waals surface area contributed by atoms with Crippen LogP contribution in [0.15, 0.2) is 46.9 Å². The number of hydrogen-bond donors (Lipinski definition) is 2. The van der Waals surface area contributed by atoms with Gasteiger partial charge in [0.1, 0.15) is 11.5 Å². The molecule has 4 heteroatoms. The predicted octanol–water partition coefficient (Wildman–Crippen LogP) is 6.50. The molecule has 0 fully saturated rings. The van der Waals surface area contributed by atoms with Gasteiger partial charge < -0.3 is 14.7 Å². The van der Waals surface area contributed by atoms with Crippen LogP contribution in [0.1, 0.15) is 86.9 Å². The Hall–Kier alpha value is -2.49. The SMILES string of the molecule is CCCCC1CCCCCCc2cc1[nH]c2/C=C1\N=C(c2ccc[nH]2)C=C1OC. The smallest absolute Gasteiger partial charge is 0.146 e. The Morgan fingerprint density at radius 2 is 2.14 bits per heavy atom. The van der Waals surface area contributed by atoms with E-state index in [1.807, 2.05) is 24.4 Å². The van der Waals surface area contributed by atoms with Crippen molar-refractivity contribution in [3.63, 3.8) is 0 Å². The summed E-state index contributed by atoms with van der Waals surface area (Å²) in [6.07, 6.45) is 17.7. The molecular formula is C25H33N3O. The molecule has 0 saturated heterocycles. The molecule has 1 aliphatic heterocycles. The third-order valence-corrected chi connectivity index (χ3v) is 6.19. The van der Waals surface area contributed by atoms with Crippen molar-refractivity contribution in [3.05, 3.63) is 64.6 Å². The van der Waals surface area contributed by atoms with Gasteiger partial charge in [0, 0.05) is 23.7 Å². The zero-order chi connectivity index (χ0) is 20.1. The molecule has 0 saturated carbocycles. The fraction of sp³-hybridized carbons (Fsp3) is 0.480. The fourth-order valence-electron chi connectivity index (χ4n) is 4.50. The van der Waals surface area contributed by atoms with Crippen LogP contribution in [0.4, 0.5) is 0 Å². The molecule has 1 unspecified atom stereocenters. The van der Waals surface area contributed by atoms with Crippen LogP contribution in [0.2, 0.25) is 0 Å². The summed E-state index contributed by atoms with van der Waals surface area (Å²) in [7, 11) is 1.72. The van der Waals surface area contributed by atoms with E-state index in [1.54, 1.807) is 7.11 Å². The second-order valence-corrected chi connectivity index (χ2v) is 8.28. The number of fused-ring (bicyclic) bond motifs is 2. The summed E-state index contributed by atoms with van der Waals surface area (Å²) in [6, 6.07) is 6.46. The van der Waals surface area contributed by atoms with Gasteiger partial charge in [-0.2, -0.15) is 0 Å². The number of aromatic nitrogens is 2. The van der Waals surface area contributed by atoms with Crippen LogP contribution < -0.4 is 0 Å². The Morgan fingerprint density at radius 1 is 1.24 bits per heavy atom. The number of rotatable bonds is 6. The predicted molar refractivity (Wildman–Crippen MR) is 120 cm³/mol. The third kappa shape index (κ3) is 4.58. The van der Waals surface area contributed by atoms with Crippen molar-refractivity contribution < 1.29 is 4.74 Å². The van der Waals surface area contributed by atoms with Gasteiger partial charge >= 0.3 is 0 Å². The number of nitrogens with one attached hydrogen (secondary N) is 2. The van der Waals surface area contributed by atoms with Crippen LogP contribution in [0, 0.1) is 0 Å². The summed E-state index contributed by atoms with van der Waals surface area (Å²) < 4.78 is 5.63. The van der Waals surface area contributed by atoms with Crippen LogP contribution in [0.3, 0.4) is 0 Å². The number of allylic oxidation sites excluding steroid dienone is 1. The summed E-state index contributed by atoms with van der Waals surface area (Å²) in [4.78, 5) is 11.9. The van der Waals surface area contributed by atoms with Gasteiger partial charge in [-0.15, -0.1) is 0 Å². The molecule has 29 heavy (non-hydrogen) atoms. The molecule has 4 nitrogen and oxygen atoms in total. The van der Waals surface area contributed by atoms with E-state index in [0.29, 0.717) is 5.92 Å². The lowest BCUT2D eigenvalue weighted by Gasteiger charge is -2.16. The third-order valence-electron chi connectivity index (χ3n) is 6.19. The second kappa shape index (κ2) is 9.34. The van der Waals surface area contributed by atoms with Crippen molar-refractivity contribution in [1.29, 1.82) is 0 Å². The van der Waals surface area contributed by atoms with Gasteiger partial charge in [0.15, 0.2) is 0 Å². The van der Waals surface area contributed by atoms with E-state index in [0.717, 1.165) is 29.3 Å². The first-order valence-corrected chi connectivity index (χ1v) is 11.2. The molecule has 2 aromatic rings. The van der Waals surface area contributed by atoms with E-state index >= 15 is 0 Å². The van der Waals surface area contributed by atoms with Crippen molar-refractivity contribution in [1.82, 2.24) is 9.97 Å². The highest BCUT2D eigenvalue weighted by molar-refractivity contribution is 6.11. The number of methoxy groups -OCH3 is 1. The van der Waals surface area contributed by atoms with Crippen molar-refractivity contribution in [2.75, 3.05) is 7.11 Å². The molecule has 0 spiro atoms. The normalized spacial score (nSPS) is 21.2. The summed E-state index contributed by atoms with van der Waals surface area (Å²) in [6.45, 7) is 2.29. The number of nitrogens with zero attached hydrogens (tertiary/aromatic N) is 1. The van der Waals surface area contributed by atoms with Gasteiger partial charge in [-0.25, -0.2) is 4.99 Å². The summed E-state index contributed by atoms with van der Waals surface area (Å²) in [5.41, 5.74) is 6.88. The van der Waals surface area contributed by atoms with E-state index in [4.69, 9.17) is 9.73 Å². The van der Waals surface area contributed by atoms with Gasteiger partial charge in [-0.1, -0.05) is 39.0 Å². The number of hydrogen-bond acceptors (Lipinski definition) is 2. The first-order valence-electron chi connectivity index (χ1n) is 11.2. The maximum absolute atomic E-state index is 5.63. The lowest BCUT2D eigenvalue weighted by molar-refractivity contribution is 0.303. The molecule has 154 valence electrons. The highest BCUT2D eigenvalue weighted by Gasteiger charge is 2.20. The largest absolute Gasteiger partial charge is 0.494 e. The Kier molecular flexibility index (Phi) is 6.38. The van der Waals surface area contributed by atoms with Crippen LogP contribution in [0.25, 0.3) is 6.08 Å². The number of H-pyrrole nitrogens is 2. The van der Waals surface area contributed by atoms with E-state index in [-0.39, 0.29) is 0 Å². The topological polar surface area (TPSA) is 53.2 Å². The van der Waals surface area contributed by atoms with Crippen LogP contribution in [-0.2, 0) is 11.2 Å². The molecule has 2 aromatic heterocycles. The number of ether oxygens (including phenoxy) is 1. The molecule has 1 atom stereocenters. The van der Waals surface area contributed by atoms with Crippen molar-refractivity contribution in [3.8, 4) is 0 Å². The second-order valence-electron chi connectivity index (χ2n) is 8.28. The van der Waals surface area contributed by atoms with Crippen molar-refractivity contribution in [2.24, 2.45) is 4.99 Å². The van der Waals surface area contributed by atoms with E-state index in [9.17, 15) is 0 Å². The molecule has 3 heterocycles. The van der Waals surface area contributed by atoms with Crippen LogP contribution in [0.5, 0.6) is 0 Å². The van der Waals surface area contributed by atoms with E-state index < -0.39 is 0 Å². The lowest BCUT2D eigenvalue weighted by Crippen LogP contribution is -2.00. The van der Waals surface area contributed by atoms with E-state index in [2.05, 4.69) is 29.0 Å². The zero-order valence-corrected chi connectivity index (χ0v) is 17.8. The Balaban J connectivity index is 1.67. The summed E-state index contributed by atoms with van der Waals surface area (Å²) >= 11 is 0. The molecule has 0 radical (unpaired) electrons. The van der Waals surface area contributed by atoms with Crippen molar-refractivity contribution in [2.45, 2.75) is 70.6 Å². The number of aliphatic imine (C=N–C) groups is 1. The molecule has 2 aliphatic rings. The summed E-state index contributed by atoms with van der Waals surface area (Å²) in [5.74, 6) is 1.47. The minimum atomic E-state index is 0.651. The highest BCUT2D eigenvalue weighted by atomic mass is 16.5. The molecule has 2 bridgehead atoms. The standard InChI is InChI=1S/C25H33N3O/c1-3-4-10-18-11-7-5-6-8-12-19-15-21(18)27-22(19)16-24-25(29-2)17-23(28-24)20-13-9-14-26-20/h9,13-18,26-27H,3-8,10-12H2,1-2H3/b24-16-. The average molecular weight is 392 g/mol. The highest BCUT2D eigenvalue weighted by Crippen LogP contribution is 2.33. The Labute approximate surface area is 174 Å². The lowest BCUT2D eigenvalue weighted by atomic mass is 9.91.